The van der Waals surface area contributed by atoms with E-state index in [1.54, 1.807) is 47.8 Å². The number of amides is 1. The van der Waals surface area contributed by atoms with Gasteiger partial charge in [-0.1, -0.05) is 17.7 Å². The number of carbonyl (C=O) groups excluding carboxylic acids is 1. The highest BCUT2D eigenvalue weighted by molar-refractivity contribution is 7.93. The molecule has 3 rings (SSSR count). The van der Waals surface area contributed by atoms with Gasteiger partial charge in [-0.3, -0.25) is 9.10 Å². The summed E-state index contributed by atoms with van der Waals surface area (Å²) in [5.41, 5.74) is 1.82. The zero-order valence-corrected chi connectivity index (χ0v) is 18.4. The zero-order valence-electron chi connectivity index (χ0n) is 16.0. The third-order valence-electron chi connectivity index (χ3n) is 4.34. The van der Waals surface area contributed by atoms with E-state index in [0.29, 0.717) is 22.1 Å². The number of carbonyl (C=O) groups is 1. The van der Waals surface area contributed by atoms with Gasteiger partial charge in [0.25, 0.3) is 15.9 Å². The maximum absolute atomic E-state index is 13.1. The van der Waals surface area contributed by atoms with E-state index < -0.39 is 15.9 Å². The zero-order chi connectivity index (χ0) is 21.2. The smallest absolute Gasteiger partial charge is 0.267 e. The number of halogens is 1. The van der Waals surface area contributed by atoms with Gasteiger partial charge in [0.1, 0.15) is 15.5 Å². The third kappa shape index (κ3) is 4.39. The molecule has 0 radical (unpaired) electrons. The molecule has 0 aliphatic rings. The standard InChI is InChI=1S/C20H19ClN2O4S2/c1-13-4-5-14(12-17(13)21)22-20(24)19-18(10-11-28-19)29(25,26)23(2)15-6-8-16(27-3)9-7-15/h4-12H,1-3H3,(H,22,24). The van der Waals surface area contributed by atoms with Crippen LogP contribution < -0.4 is 14.4 Å². The van der Waals surface area contributed by atoms with Crippen LogP contribution in [0.25, 0.3) is 0 Å². The van der Waals surface area contributed by atoms with Crippen molar-refractivity contribution in [1.82, 2.24) is 0 Å². The molecule has 3 aromatic rings. The van der Waals surface area contributed by atoms with Gasteiger partial charge >= 0.3 is 0 Å². The molecule has 152 valence electrons. The number of sulfonamides is 1. The number of hydrogen-bond acceptors (Lipinski definition) is 5. The van der Waals surface area contributed by atoms with Gasteiger partial charge in [-0.15, -0.1) is 11.3 Å². The topological polar surface area (TPSA) is 75.7 Å². The Morgan fingerprint density at radius 2 is 1.83 bits per heavy atom. The van der Waals surface area contributed by atoms with Crippen LogP contribution in [0.15, 0.2) is 58.8 Å². The fourth-order valence-corrected chi connectivity index (χ4v) is 5.27. The van der Waals surface area contributed by atoms with Crippen molar-refractivity contribution in [3.8, 4) is 5.75 Å². The number of ether oxygens (including phenoxy) is 1. The minimum Gasteiger partial charge on any atom is -0.497 e. The Morgan fingerprint density at radius 3 is 2.45 bits per heavy atom. The molecule has 0 bridgehead atoms. The molecular formula is C20H19ClN2O4S2. The van der Waals surface area contributed by atoms with E-state index in [9.17, 15) is 13.2 Å². The predicted octanol–water partition coefficient (Wildman–Crippen LogP) is 4.80. The Labute approximate surface area is 178 Å². The maximum atomic E-state index is 13.1. The summed E-state index contributed by atoms with van der Waals surface area (Å²) < 4.78 is 32.5. The van der Waals surface area contributed by atoms with E-state index in [2.05, 4.69) is 5.32 Å². The van der Waals surface area contributed by atoms with Gasteiger partial charge in [-0.2, -0.15) is 0 Å². The summed E-state index contributed by atoms with van der Waals surface area (Å²) in [6.07, 6.45) is 0. The van der Waals surface area contributed by atoms with Crippen molar-refractivity contribution in [2.75, 3.05) is 23.8 Å². The summed E-state index contributed by atoms with van der Waals surface area (Å²) in [4.78, 5) is 12.8. The van der Waals surface area contributed by atoms with Crippen LogP contribution in [0.1, 0.15) is 15.2 Å². The summed E-state index contributed by atoms with van der Waals surface area (Å²) in [5, 5.41) is 4.80. The van der Waals surface area contributed by atoms with Crippen LogP contribution in [0.3, 0.4) is 0 Å². The Bertz CT molecular complexity index is 1140. The van der Waals surface area contributed by atoms with Crippen LogP contribution in [0.2, 0.25) is 5.02 Å². The average molecular weight is 451 g/mol. The third-order valence-corrected chi connectivity index (χ3v) is 7.62. The number of thiophene rings is 1. The molecule has 0 saturated carbocycles. The van der Waals surface area contributed by atoms with Gasteiger partial charge in [0.15, 0.2) is 0 Å². The van der Waals surface area contributed by atoms with Crippen molar-refractivity contribution in [3.05, 3.63) is 69.4 Å². The van der Waals surface area contributed by atoms with Crippen LogP contribution in [0, 0.1) is 6.92 Å². The molecule has 1 aromatic heterocycles. The molecule has 9 heteroatoms. The molecular weight excluding hydrogens is 432 g/mol. The first-order valence-electron chi connectivity index (χ1n) is 8.52. The number of rotatable bonds is 6. The molecule has 0 aliphatic heterocycles. The Kier molecular flexibility index (Phi) is 6.16. The van der Waals surface area contributed by atoms with E-state index >= 15 is 0 Å². The number of hydrogen-bond donors (Lipinski definition) is 1. The quantitative estimate of drug-likeness (QED) is 0.585. The molecule has 0 aliphatic carbocycles. The van der Waals surface area contributed by atoms with E-state index in [-0.39, 0.29) is 9.77 Å². The Hall–Kier alpha value is -2.55. The lowest BCUT2D eigenvalue weighted by atomic mass is 10.2. The first kappa shape index (κ1) is 21.2. The molecule has 0 fully saturated rings. The molecule has 0 unspecified atom stereocenters. The fraction of sp³-hybridized carbons (Fsp3) is 0.150. The van der Waals surface area contributed by atoms with Gasteiger partial charge in [-0.05, 0) is 60.3 Å². The van der Waals surface area contributed by atoms with Crippen molar-refractivity contribution in [2.24, 2.45) is 0 Å². The lowest BCUT2D eigenvalue weighted by Crippen LogP contribution is -2.28. The van der Waals surface area contributed by atoms with Crippen LogP contribution >= 0.6 is 22.9 Å². The van der Waals surface area contributed by atoms with Crippen LogP contribution in [-0.4, -0.2) is 28.5 Å². The van der Waals surface area contributed by atoms with Crippen LogP contribution in [0.5, 0.6) is 5.75 Å². The van der Waals surface area contributed by atoms with Crippen molar-refractivity contribution >= 4 is 50.2 Å². The highest BCUT2D eigenvalue weighted by Gasteiger charge is 2.28. The molecule has 0 atom stereocenters. The second-order valence-corrected chi connectivity index (χ2v) is 9.46. The molecule has 2 aromatic carbocycles. The molecule has 1 amide bonds. The molecule has 0 spiro atoms. The summed E-state index contributed by atoms with van der Waals surface area (Å²) >= 11 is 7.16. The summed E-state index contributed by atoms with van der Waals surface area (Å²) in [6.45, 7) is 1.85. The lowest BCUT2D eigenvalue weighted by molar-refractivity contribution is 0.102. The average Bonchev–Trinajstić information content (AvgIpc) is 3.21. The summed E-state index contributed by atoms with van der Waals surface area (Å²) in [7, 11) is -0.960. The van der Waals surface area contributed by atoms with E-state index in [1.165, 1.54) is 20.2 Å². The normalized spacial score (nSPS) is 11.2. The Morgan fingerprint density at radius 1 is 1.14 bits per heavy atom. The lowest BCUT2D eigenvalue weighted by Gasteiger charge is -2.20. The van der Waals surface area contributed by atoms with Crippen LogP contribution in [0.4, 0.5) is 11.4 Å². The van der Waals surface area contributed by atoms with Crippen molar-refractivity contribution in [1.29, 1.82) is 0 Å². The highest BCUT2D eigenvalue weighted by atomic mass is 35.5. The van der Waals surface area contributed by atoms with E-state index in [1.807, 2.05) is 6.92 Å². The first-order valence-corrected chi connectivity index (χ1v) is 11.2. The molecule has 0 saturated heterocycles. The van der Waals surface area contributed by atoms with Gasteiger partial charge in [-0.25, -0.2) is 8.42 Å². The number of aryl methyl sites for hydroxylation is 1. The molecule has 29 heavy (non-hydrogen) atoms. The number of benzene rings is 2. The van der Waals surface area contributed by atoms with E-state index in [4.69, 9.17) is 16.3 Å². The second kappa shape index (κ2) is 8.44. The Balaban J connectivity index is 1.88. The van der Waals surface area contributed by atoms with Gasteiger partial charge < -0.3 is 10.1 Å². The van der Waals surface area contributed by atoms with Gasteiger partial charge in [0, 0.05) is 17.8 Å². The summed E-state index contributed by atoms with van der Waals surface area (Å²) in [6, 6.07) is 13.2. The molecule has 6 nitrogen and oxygen atoms in total. The predicted molar refractivity (Wildman–Crippen MR) is 117 cm³/mol. The van der Waals surface area contributed by atoms with Crippen molar-refractivity contribution in [3.63, 3.8) is 0 Å². The second-order valence-electron chi connectivity index (χ2n) is 6.20. The largest absolute Gasteiger partial charge is 0.497 e. The monoisotopic (exact) mass is 450 g/mol. The minimum absolute atomic E-state index is 0.0588. The summed E-state index contributed by atoms with van der Waals surface area (Å²) in [5.74, 6) is 0.105. The van der Waals surface area contributed by atoms with Gasteiger partial charge in [0.2, 0.25) is 0 Å². The SMILES string of the molecule is COc1ccc(N(C)S(=O)(=O)c2ccsc2C(=O)Nc2ccc(C)c(Cl)c2)cc1. The number of nitrogens with one attached hydrogen (secondary N) is 1. The van der Waals surface area contributed by atoms with Gasteiger partial charge in [0.05, 0.1) is 12.8 Å². The highest BCUT2D eigenvalue weighted by Crippen LogP contribution is 2.30. The molecule has 1 N–H and O–H groups in total. The van der Waals surface area contributed by atoms with Crippen molar-refractivity contribution < 1.29 is 17.9 Å². The van der Waals surface area contributed by atoms with Crippen LogP contribution in [-0.2, 0) is 10.0 Å². The first-order chi connectivity index (χ1) is 13.7. The fourth-order valence-electron chi connectivity index (χ4n) is 2.60. The molecule has 1 heterocycles. The maximum Gasteiger partial charge on any atom is 0.267 e. The minimum atomic E-state index is -3.94. The number of methoxy groups -OCH3 is 1. The van der Waals surface area contributed by atoms with Crippen molar-refractivity contribution in [2.45, 2.75) is 11.8 Å². The van der Waals surface area contributed by atoms with E-state index in [0.717, 1.165) is 21.2 Å². The number of anilines is 2. The number of nitrogens with zero attached hydrogens (tertiary/aromatic N) is 1.